The molecule has 1 aliphatic rings. The van der Waals surface area contributed by atoms with Crippen LogP contribution in [-0.4, -0.2) is 50.4 Å². The summed E-state index contributed by atoms with van der Waals surface area (Å²) in [7, 11) is 3.27. The number of benzene rings is 2. The first kappa shape index (κ1) is 22.0. The molecule has 0 spiro atoms. The standard InChI is InChI=1S/C22H26N2O3.BrH/c1-26-19-10-6-17(7-11-19)21(25)16-24-15-5-3-4-14-23-22(24)18-8-12-20(27-2)13-9-18;/h6-13H,3-5,14-16H2,1-2H3;1H. The van der Waals surface area contributed by atoms with Gasteiger partial charge in [0.25, 0.3) is 0 Å². The van der Waals surface area contributed by atoms with E-state index >= 15 is 0 Å². The first-order valence-corrected chi connectivity index (χ1v) is 9.32. The Hall–Kier alpha value is -2.34. The van der Waals surface area contributed by atoms with E-state index in [2.05, 4.69) is 4.90 Å². The number of hydrogen-bond acceptors (Lipinski definition) is 5. The number of rotatable bonds is 6. The number of hydrogen-bond donors (Lipinski definition) is 0. The molecule has 0 aliphatic carbocycles. The highest BCUT2D eigenvalue weighted by Gasteiger charge is 2.19. The van der Waals surface area contributed by atoms with Gasteiger partial charge in [0.05, 0.1) is 20.8 Å². The molecule has 2 aromatic carbocycles. The molecule has 0 unspecified atom stereocenters. The number of methoxy groups -OCH3 is 2. The maximum absolute atomic E-state index is 12.8. The summed E-state index contributed by atoms with van der Waals surface area (Å²) < 4.78 is 10.4. The van der Waals surface area contributed by atoms with E-state index in [4.69, 9.17) is 14.5 Å². The molecule has 0 N–H and O–H groups in total. The number of carbonyl (C=O) groups excluding carboxylic acids is 1. The van der Waals surface area contributed by atoms with E-state index in [-0.39, 0.29) is 22.8 Å². The van der Waals surface area contributed by atoms with Gasteiger partial charge in [0.2, 0.25) is 0 Å². The third kappa shape index (κ3) is 5.58. The van der Waals surface area contributed by atoms with Crippen LogP contribution in [0.1, 0.15) is 35.2 Å². The number of halogens is 1. The Morgan fingerprint density at radius 2 is 1.54 bits per heavy atom. The van der Waals surface area contributed by atoms with Crippen LogP contribution in [0.2, 0.25) is 0 Å². The average Bonchev–Trinajstić information content (AvgIpc) is 2.70. The Balaban J connectivity index is 0.00000280. The molecule has 0 bridgehead atoms. The van der Waals surface area contributed by atoms with E-state index in [0.29, 0.717) is 12.1 Å². The lowest BCUT2D eigenvalue weighted by atomic mass is 10.1. The largest absolute Gasteiger partial charge is 0.497 e. The normalized spacial score (nSPS) is 14.2. The van der Waals surface area contributed by atoms with Gasteiger partial charge in [-0.05, 0) is 67.8 Å². The van der Waals surface area contributed by atoms with Crippen molar-refractivity contribution in [3.63, 3.8) is 0 Å². The maximum atomic E-state index is 12.8. The lowest BCUT2D eigenvalue weighted by Gasteiger charge is -2.27. The highest BCUT2D eigenvalue weighted by molar-refractivity contribution is 8.93. The fraction of sp³-hybridized carbons (Fsp3) is 0.364. The van der Waals surface area contributed by atoms with Crippen molar-refractivity contribution in [2.24, 2.45) is 4.99 Å². The van der Waals surface area contributed by atoms with Gasteiger partial charge in [0, 0.05) is 24.2 Å². The van der Waals surface area contributed by atoms with E-state index in [1.807, 2.05) is 48.5 Å². The second-order valence-electron chi connectivity index (χ2n) is 6.57. The summed E-state index contributed by atoms with van der Waals surface area (Å²) in [5.74, 6) is 2.53. The monoisotopic (exact) mass is 446 g/mol. The Morgan fingerprint density at radius 3 is 2.14 bits per heavy atom. The van der Waals surface area contributed by atoms with Gasteiger partial charge >= 0.3 is 0 Å². The molecular weight excluding hydrogens is 420 g/mol. The van der Waals surface area contributed by atoms with Crippen molar-refractivity contribution in [3.05, 3.63) is 59.7 Å². The Morgan fingerprint density at radius 1 is 0.929 bits per heavy atom. The minimum absolute atomic E-state index is 0. The highest BCUT2D eigenvalue weighted by Crippen LogP contribution is 2.18. The van der Waals surface area contributed by atoms with Gasteiger partial charge in [-0.3, -0.25) is 9.79 Å². The fourth-order valence-corrected chi connectivity index (χ4v) is 3.19. The lowest BCUT2D eigenvalue weighted by molar-refractivity contribution is 0.0962. The topological polar surface area (TPSA) is 51.1 Å². The SMILES string of the molecule is Br.COc1ccc(C(=O)CN2CCCCCN=C2c2ccc(OC)cc2)cc1. The maximum Gasteiger partial charge on any atom is 0.182 e. The number of aliphatic imine (C=N–C) groups is 1. The second-order valence-corrected chi connectivity index (χ2v) is 6.57. The summed E-state index contributed by atoms with van der Waals surface area (Å²) in [6, 6.07) is 15.1. The summed E-state index contributed by atoms with van der Waals surface area (Å²) in [6.07, 6.45) is 3.28. The van der Waals surface area contributed by atoms with Gasteiger partial charge in [-0.25, -0.2) is 0 Å². The lowest BCUT2D eigenvalue weighted by Crippen LogP contribution is -2.38. The van der Waals surface area contributed by atoms with Crippen molar-refractivity contribution in [1.82, 2.24) is 4.90 Å². The van der Waals surface area contributed by atoms with Crippen LogP contribution in [0.15, 0.2) is 53.5 Å². The molecule has 6 heteroatoms. The van der Waals surface area contributed by atoms with Crippen molar-refractivity contribution in [2.75, 3.05) is 33.9 Å². The highest BCUT2D eigenvalue weighted by atomic mass is 79.9. The van der Waals surface area contributed by atoms with Crippen LogP contribution in [0, 0.1) is 0 Å². The van der Waals surface area contributed by atoms with E-state index < -0.39 is 0 Å². The van der Waals surface area contributed by atoms with E-state index in [9.17, 15) is 4.79 Å². The fourth-order valence-electron chi connectivity index (χ4n) is 3.19. The van der Waals surface area contributed by atoms with Crippen molar-refractivity contribution in [3.8, 4) is 11.5 Å². The summed E-state index contributed by atoms with van der Waals surface area (Å²) >= 11 is 0. The molecule has 1 aliphatic heterocycles. The first-order chi connectivity index (χ1) is 13.2. The van der Waals surface area contributed by atoms with Crippen molar-refractivity contribution in [1.29, 1.82) is 0 Å². The Labute approximate surface area is 177 Å². The molecule has 0 saturated carbocycles. The van der Waals surface area contributed by atoms with Crippen LogP contribution in [0.25, 0.3) is 0 Å². The predicted octanol–water partition coefficient (Wildman–Crippen LogP) is 4.40. The molecule has 0 radical (unpaired) electrons. The molecule has 0 atom stereocenters. The second kappa shape index (κ2) is 10.9. The number of carbonyl (C=O) groups is 1. The molecule has 0 amide bonds. The van der Waals surface area contributed by atoms with Gasteiger partial charge in [0.1, 0.15) is 17.3 Å². The first-order valence-electron chi connectivity index (χ1n) is 9.32. The molecule has 1 heterocycles. The summed E-state index contributed by atoms with van der Waals surface area (Å²) in [4.78, 5) is 19.7. The minimum atomic E-state index is 0. The number of ether oxygens (including phenoxy) is 2. The smallest absolute Gasteiger partial charge is 0.182 e. The predicted molar refractivity (Wildman–Crippen MR) is 117 cm³/mol. The Kier molecular flexibility index (Phi) is 8.51. The number of Topliss-reactive ketones (excluding diaryl/α,β-unsaturated/α-hetero) is 1. The average molecular weight is 447 g/mol. The zero-order valence-corrected chi connectivity index (χ0v) is 18.1. The van der Waals surface area contributed by atoms with Crippen LogP contribution in [0.4, 0.5) is 0 Å². The quantitative estimate of drug-likeness (QED) is 0.617. The number of ketones is 1. The molecule has 150 valence electrons. The summed E-state index contributed by atoms with van der Waals surface area (Å²) in [5, 5.41) is 0. The summed E-state index contributed by atoms with van der Waals surface area (Å²) in [6.45, 7) is 1.93. The van der Waals surface area contributed by atoms with Crippen molar-refractivity contribution >= 4 is 28.6 Å². The van der Waals surface area contributed by atoms with Gasteiger partial charge in [0.15, 0.2) is 5.78 Å². The zero-order valence-electron chi connectivity index (χ0n) is 16.4. The molecule has 0 saturated heterocycles. The third-order valence-corrected chi connectivity index (χ3v) is 4.74. The van der Waals surface area contributed by atoms with Crippen LogP contribution in [0.5, 0.6) is 11.5 Å². The van der Waals surface area contributed by atoms with Gasteiger partial charge in [-0.15, -0.1) is 17.0 Å². The molecule has 0 fully saturated rings. The molecular formula is C22H27BrN2O3. The van der Waals surface area contributed by atoms with E-state index in [1.165, 1.54) is 0 Å². The van der Waals surface area contributed by atoms with Crippen LogP contribution < -0.4 is 9.47 Å². The number of amidine groups is 1. The minimum Gasteiger partial charge on any atom is -0.497 e. The van der Waals surface area contributed by atoms with Crippen molar-refractivity contribution < 1.29 is 14.3 Å². The van der Waals surface area contributed by atoms with E-state index in [0.717, 1.165) is 55.3 Å². The van der Waals surface area contributed by atoms with Crippen LogP contribution in [0.3, 0.4) is 0 Å². The van der Waals surface area contributed by atoms with Gasteiger partial charge < -0.3 is 14.4 Å². The molecule has 0 aromatic heterocycles. The molecule has 2 aromatic rings. The number of nitrogens with zero attached hydrogens (tertiary/aromatic N) is 2. The molecule has 5 nitrogen and oxygen atoms in total. The molecule has 28 heavy (non-hydrogen) atoms. The Bertz CT molecular complexity index is 788. The van der Waals surface area contributed by atoms with Crippen LogP contribution >= 0.6 is 17.0 Å². The molecule has 3 rings (SSSR count). The zero-order chi connectivity index (χ0) is 19.1. The third-order valence-electron chi connectivity index (χ3n) is 4.74. The van der Waals surface area contributed by atoms with Gasteiger partial charge in [-0.2, -0.15) is 0 Å². The van der Waals surface area contributed by atoms with Crippen molar-refractivity contribution in [2.45, 2.75) is 19.3 Å². The van der Waals surface area contributed by atoms with Gasteiger partial charge in [-0.1, -0.05) is 0 Å². The van der Waals surface area contributed by atoms with E-state index in [1.54, 1.807) is 14.2 Å². The van der Waals surface area contributed by atoms with Crippen LogP contribution in [-0.2, 0) is 0 Å². The summed E-state index contributed by atoms with van der Waals surface area (Å²) in [5.41, 5.74) is 1.70.